The Labute approximate surface area is 145 Å². The van der Waals surface area contributed by atoms with Gasteiger partial charge in [-0.2, -0.15) is 0 Å². The lowest BCUT2D eigenvalue weighted by molar-refractivity contribution is -0.129. The Balaban J connectivity index is 1.89. The Hall–Kier alpha value is -2.04. The van der Waals surface area contributed by atoms with Crippen molar-refractivity contribution < 1.29 is 9.59 Å². The summed E-state index contributed by atoms with van der Waals surface area (Å²) in [7, 11) is 1.67. The van der Waals surface area contributed by atoms with Crippen LogP contribution in [0.4, 0.5) is 0 Å². The number of carbonyl (C=O) groups is 2. The first-order valence-electron chi connectivity index (χ1n) is 6.98. The molecule has 120 valence electrons. The summed E-state index contributed by atoms with van der Waals surface area (Å²) in [5.41, 5.74) is 1.27. The number of benzene rings is 2. The fourth-order valence-electron chi connectivity index (χ4n) is 2.03. The molecule has 0 atom stereocenters. The monoisotopic (exact) mass is 350 g/mol. The largest absolute Gasteiger partial charge is 0.343 e. The van der Waals surface area contributed by atoms with Crippen molar-refractivity contribution in [3.05, 3.63) is 69.7 Å². The van der Waals surface area contributed by atoms with Gasteiger partial charge in [0, 0.05) is 18.6 Å². The van der Waals surface area contributed by atoms with Crippen molar-refractivity contribution in [2.24, 2.45) is 0 Å². The summed E-state index contributed by atoms with van der Waals surface area (Å²) in [6, 6.07) is 14.0. The van der Waals surface area contributed by atoms with E-state index >= 15 is 0 Å². The number of halogens is 2. The van der Waals surface area contributed by atoms with Crippen molar-refractivity contribution in [1.82, 2.24) is 10.2 Å². The highest BCUT2D eigenvalue weighted by molar-refractivity contribution is 6.33. The lowest BCUT2D eigenvalue weighted by Gasteiger charge is -2.18. The number of likely N-dealkylation sites (N-methyl/N-ethyl adjacent to an activating group) is 1. The summed E-state index contributed by atoms with van der Waals surface area (Å²) in [6.07, 6.45) is 0. The van der Waals surface area contributed by atoms with Crippen LogP contribution in [0.3, 0.4) is 0 Å². The average molecular weight is 351 g/mol. The number of amides is 2. The Morgan fingerprint density at radius 1 is 1.09 bits per heavy atom. The molecule has 0 aliphatic heterocycles. The Bertz CT molecular complexity index is 719. The number of nitrogens with one attached hydrogen (secondary N) is 1. The van der Waals surface area contributed by atoms with E-state index in [-0.39, 0.29) is 18.4 Å². The number of rotatable bonds is 5. The highest BCUT2D eigenvalue weighted by atomic mass is 35.5. The molecule has 0 aliphatic rings. The molecule has 0 saturated carbocycles. The molecule has 1 N–H and O–H groups in total. The van der Waals surface area contributed by atoms with Gasteiger partial charge in [-0.15, -0.1) is 0 Å². The van der Waals surface area contributed by atoms with Crippen LogP contribution in [0.15, 0.2) is 48.5 Å². The van der Waals surface area contributed by atoms with E-state index in [4.69, 9.17) is 23.2 Å². The Kier molecular flexibility index (Phi) is 6.02. The molecule has 0 aromatic heterocycles. The second-order valence-electron chi connectivity index (χ2n) is 5.04. The van der Waals surface area contributed by atoms with Gasteiger partial charge in [-0.3, -0.25) is 9.59 Å². The van der Waals surface area contributed by atoms with Crippen LogP contribution in [0, 0.1) is 0 Å². The molecule has 0 saturated heterocycles. The molecule has 0 fully saturated rings. The van der Waals surface area contributed by atoms with Crippen LogP contribution in [0.2, 0.25) is 10.0 Å². The number of carbonyl (C=O) groups excluding carboxylic acids is 2. The van der Waals surface area contributed by atoms with E-state index in [2.05, 4.69) is 5.32 Å². The van der Waals surface area contributed by atoms with E-state index in [1.807, 2.05) is 12.1 Å². The molecule has 2 amide bonds. The minimum absolute atomic E-state index is 0.0961. The molecule has 0 unspecified atom stereocenters. The molecule has 2 aromatic carbocycles. The zero-order chi connectivity index (χ0) is 16.8. The first kappa shape index (κ1) is 17.3. The number of hydrogen-bond acceptors (Lipinski definition) is 2. The topological polar surface area (TPSA) is 49.4 Å². The van der Waals surface area contributed by atoms with Crippen molar-refractivity contribution in [1.29, 1.82) is 0 Å². The van der Waals surface area contributed by atoms with E-state index in [0.717, 1.165) is 5.56 Å². The molecule has 2 aromatic rings. The zero-order valence-electron chi connectivity index (χ0n) is 12.6. The van der Waals surface area contributed by atoms with Crippen LogP contribution in [0.1, 0.15) is 15.9 Å². The molecule has 0 aliphatic carbocycles. The van der Waals surface area contributed by atoms with Gasteiger partial charge in [-0.05, 0) is 29.8 Å². The summed E-state index contributed by atoms with van der Waals surface area (Å²) in [4.78, 5) is 25.6. The van der Waals surface area contributed by atoms with Crippen LogP contribution in [0.25, 0.3) is 0 Å². The van der Waals surface area contributed by atoms with Crippen LogP contribution >= 0.6 is 23.2 Å². The van der Waals surface area contributed by atoms with E-state index in [0.29, 0.717) is 22.2 Å². The highest BCUT2D eigenvalue weighted by Gasteiger charge is 2.13. The second-order valence-corrected chi connectivity index (χ2v) is 5.89. The van der Waals surface area contributed by atoms with Crippen molar-refractivity contribution in [3.63, 3.8) is 0 Å². The van der Waals surface area contributed by atoms with Crippen molar-refractivity contribution in [3.8, 4) is 0 Å². The third-order valence-electron chi connectivity index (χ3n) is 3.25. The third-order valence-corrected chi connectivity index (χ3v) is 3.82. The first-order valence-corrected chi connectivity index (χ1v) is 7.74. The van der Waals surface area contributed by atoms with Gasteiger partial charge in [-0.25, -0.2) is 0 Å². The maximum Gasteiger partial charge on any atom is 0.253 e. The molecule has 4 nitrogen and oxygen atoms in total. The van der Waals surface area contributed by atoms with Crippen LogP contribution in [-0.2, 0) is 11.3 Å². The van der Waals surface area contributed by atoms with E-state index in [1.54, 1.807) is 43.4 Å². The highest BCUT2D eigenvalue weighted by Crippen LogP contribution is 2.14. The van der Waals surface area contributed by atoms with Crippen LogP contribution in [-0.4, -0.2) is 30.3 Å². The normalized spacial score (nSPS) is 10.2. The number of nitrogens with zero attached hydrogens (tertiary/aromatic N) is 1. The van der Waals surface area contributed by atoms with Crippen molar-refractivity contribution >= 4 is 35.0 Å². The molecule has 6 heteroatoms. The van der Waals surface area contributed by atoms with Crippen molar-refractivity contribution in [2.75, 3.05) is 13.6 Å². The van der Waals surface area contributed by atoms with E-state index < -0.39 is 0 Å². The lowest BCUT2D eigenvalue weighted by atomic mass is 10.2. The minimum atomic E-state index is -0.375. The quantitative estimate of drug-likeness (QED) is 0.898. The molecular formula is C17H16Cl2N2O2. The summed E-state index contributed by atoms with van der Waals surface area (Å²) < 4.78 is 0. The van der Waals surface area contributed by atoms with Gasteiger partial charge in [0.05, 0.1) is 17.1 Å². The summed E-state index contributed by atoms with van der Waals surface area (Å²) in [5.74, 6) is -0.578. The smallest absolute Gasteiger partial charge is 0.253 e. The Morgan fingerprint density at radius 2 is 1.83 bits per heavy atom. The molecular weight excluding hydrogens is 335 g/mol. The zero-order valence-corrected chi connectivity index (χ0v) is 14.1. The third kappa shape index (κ3) is 4.98. The summed E-state index contributed by atoms with van der Waals surface area (Å²) in [5, 5.41) is 3.55. The minimum Gasteiger partial charge on any atom is -0.343 e. The molecule has 0 spiro atoms. The predicted octanol–water partition coefficient (Wildman–Crippen LogP) is 3.38. The molecule has 23 heavy (non-hydrogen) atoms. The van der Waals surface area contributed by atoms with Crippen molar-refractivity contribution in [2.45, 2.75) is 6.54 Å². The van der Waals surface area contributed by atoms with E-state index in [9.17, 15) is 9.59 Å². The van der Waals surface area contributed by atoms with E-state index in [1.165, 1.54) is 4.90 Å². The standard InChI is InChI=1S/C17H16Cl2N2O2/c1-21(11-12-5-4-6-13(18)9-12)16(22)10-20-17(23)14-7-2-3-8-15(14)19/h2-9H,10-11H2,1H3,(H,20,23). The van der Waals surface area contributed by atoms with Gasteiger partial charge in [0.2, 0.25) is 5.91 Å². The average Bonchev–Trinajstić information content (AvgIpc) is 2.52. The molecule has 0 radical (unpaired) electrons. The van der Waals surface area contributed by atoms with Gasteiger partial charge in [0.1, 0.15) is 0 Å². The summed E-state index contributed by atoms with van der Waals surface area (Å²) >= 11 is 11.9. The fourth-order valence-corrected chi connectivity index (χ4v) is 2.46. The van der Waals surface area contributed by atoms with Gasteiger partial charge >= 0.3 is 0 Å². The second kappa shape index (κ2) is 7.99. The van der Waals surface area contributed by atoms with Gasteiger partial charge in [-0.1, -0.05) is 47.5 Å². The van der Waals surface area contributed by atoms with Crippen LogP contribution in [0.5, 0.6) is 0 Å². The maximum absolute atomic E-state index is 12.1. The molecule has 0 bridgehead atoms. The maximum atomic E-state index is 12.1. The summed E-state index contributed by atoms with van der Waals surface area (Å²) in [6.45, 7) is 0.322. The number of hydrogen-bond donors (Lipinski definition) is 1. The Morgan fingerprint density at radius 3 is 2.52 bits per heavy atom. The SMILES string of the molecule is CN(Cc1cccc(Cl)c1)C(=O)CNC(=O)c1ccccc1Cl. The van der Waals surface area contributed by atoms with Crippen LogP contribution < -0.4 is 5.32 Å². The first-order chi connectivity index (χ1) is 11.0. The van der Waals surface area contributed by atoms with Gasteiger partial charge < -0.3 is 10.2 Å². The van der Waals surface area contributed by atoms with Gasteiger partial charge in [0.25, 0.3) is 5.91 Å². The lowest BCUT2D eigenvalue weighted by Crippen LogP contribution is -2.37. The molecule has 0 heterocycles. The fraction of sp³-hybridized carbons (Fsp3) is 0.176. The molecule has 2 rings (SSSR count). The predicted molar refractivity (Wildman–Crippen MR) is 91.7 cm³/mol. The van der Waals surface area contributed by atoms with Gasteiger partial charge in [0.15, 0.2) is 0 Å².